The van der Waals surface area contributed by atoms with Crippen molar-refractivity contribution in [2.75, 3.05) is 7.11 Å². The summed E-state index contributed by atoms with van der Waals surface area (Å²) in [5.41, 5.74) is 8.27. The second kappa shape index (κ2) is 8.08. The summed E-state index contributed by atoms with van der Waals surface area (Å²) < 4.78 is 11.0. The summed E-state index contributed by atoms with van der Waals surface area (Å²) in [5.74, 6) is 0.247. The Morgan fingerprint density at radius 3 is 2.65 bits per heavy atom. The lowest BCUT2D eigenvalue weighted by Crippen LogP contribution is -2.40. The fraction of sp³-hybridized carbons (Fsp3) is 0.350. The van der Waals surface area contributed by atoms with E-state index in [1.807, 2.05) is 42.5 Å². The summed E-state index contributed by atoms with van der Waals surface area (Å²) in [7, 11) is 1.63. The minimum Gasteiger partial charge on any atom is -0.497 e. The number of carbonyl (C=O) groups is 1. The Bertz CT molecular complexity index is 778. The number of aliphatic hydroxyl groups excluding tert-OH is 1. The van der Waals surface area contributed by atoms with Crippen LogP contribution in [0.25, 0.3) is 0 Å². The molecule has 3 N–H and O–H groups in total. The van der Waals surface area contributed by atoms with Gasteiger partial charge in [0.25, 0.3) is 0 Å². The number of ether oxygens (including phenoxy) is 2. The van der Waals surface area contributed by atoms with Gasteiger partial charge in [-0.3, -0.25) is 4.79 Å². The van der Waals surface area contributed by atoms with Crippen molar-refractivity contribution in [3.63, 3.8) is 0 Å². The highest BCUT2D eigenvalue weighted by molar-refractivity contribution is 6.31. The predicted octanol–water partition coefficient (Wildman–Crippen LogP) is 3.01. The molecule has 3 rings (SSSR count). The van der Waals surface area contributed by atoms with Crippen LogP contribution in [0.2, 0.25) is 5.02 Å². The molecular formula is C20H22ClNO4. The summed E-state index contributed by atoms with van der Waals surface area (Å²) in [6.45, 7) is 0. The van der Waals surface area contributed by atoms with Crippen molar-refractivity contribution in [1.29, 1.82) is 0 Å². The second-order valence-corrected chi connectivity index (χ2v) is 6.92. The number of primary amides is 1. The molecule has 2 aromatic carbocycles. The molecule has 26 heavy (non-hydrogen) atoms. The van der Waals surface area contributed by atoms with Crippen LogP contribution < -0.4 is 10.5 Å². The smallest absolute Gasteiger partial charge is 0.246 e. The predicted molar refractivity (Wildman–Crippen MR) is 99.3 cm³/mol. The molecule has 6 heteroatoms. The first-order valence-electron chi connectivity index (χ1n) is 8.50. The molecule has 0 aliphatic carbocycles. The Morgan fingerprint density at radius 1 is 1.27 bits per heavy atom. The number of halogens is 1. The molecule has 1 fully saturated rings. The maximum Gasteiger partial charge on any atom is 0.246 e. The van der Waals surface area contributed by atoms with Crippen molar-refractivity contribution in [1.82, 2.24) is 0 Å². The maximum absolute atomic E-state index is 11.4. The SMILES string of the molecule is COc1ccc(Cc2cc(C3CC(O)CC(C(N)=O)O3)ccc2Cl)cc1. The number of hydrogen-bond donors (Lipinski definition) is 2. The molecular weight excluding hydrogens is 354 g/mol. The van der Waals surface area contributed by atoms with Gasteiger partial charge >= 0.3 is 0 Å². The van der Waals surface area contributed by atoms with E-state index in [-0.39, 0.29) is 12.5 Å². The van der Waals surface area contributed by atoms with Crippen molar-refractivity contribution in [2.24, 2.45) is 5.73 Å². The highest BCUT2D eigenvalue weighted by Crippen LogP contribution is 2.33. The second-order valence-electron chi connectivity index (χ2n) is 6.52. The van der Waals surface area contributed by atoms with Crippen LogP contribution in [0, 0.1) is 0 Å². The molecule has 2 aromatic rings. The van der Waals surface area contributed by atoms with E-state index >= 15 is 0 Å². The van der Waals surface area contributed by atoms with E-state index in [4.69, 9.17) is 26.8 Å². The van der Waals surface area contributed by atoms with Crippen LogP contribution in [0.1, 0.15) is 35.6 Å². The van der Waals surface area contributed by atoms with E-state index in [0.29, 0.717) is 17.9 Å². The van der Waals surface area contributed by atoms with Crippen molar-refractivity contribution in [3.05, 3.63) is 64.2 Å². The minimum atomic E-state index is -0.774. The normalized spacial score (nSPS) is 22.8. The number of aliphatic hydroxyl groups is 1. The molecule has 1 amide bonds. The third-order valence-electron chi connectivity index (χ3n) is 4.61. The van der Waals surface area contributed by atoms with Crippen molar-refractivity contribution in [2.45, 2.75) is 37.6 Å². The van der Waals surface area contributed by atoms with E-state index in [0.717, 1.165) is 22.4 Å². The molecule has 5 nitrogen and oxygen atoms in total. The van der Waals surface area contributed by atoms with Crippen LogP contribution in [0.4, 0.5) is 0 Å². The average molecular weight is 376 g/mol. The molecule has 0 bridgehead atoms. The largest absolute Gasteiger partial charge is 0.497 e. The maximum atomic E-state index is 11.4. The first kappa shape index (κ1) is 18.7. The molecule has 1 saturated heterocycles. The summed E-state index contributed by atoms with van der Waals surface area (Å²) in [4.78, 5) is 11.4. The lowest BCUT2D eigenvalue weighted by Gasteiger charge is -2.32. The van der Waals surface area contributed by atoms with Gasteiger partial charge in [-0.1, -0.05) is 35.9 Å². The lowest BCUT2D eigenvalue weighted by molar-refractivity contribution is -0.147. The highest BCUT2D eigenvalue weighted by Gasteiger charge is 2.32. The summed E-state index contributed by atoms with van der Waals surface area (Å²) in [6.07, 6.45) is -0.462. The van der Waals surface area contributed by atoms with E-state index in [1.54, 1.807) is 7.11 Å². The molecule has 1 aliphatic heterocycles. The van der Waals surface area contributed by atoms with E-state index < -0.39 is 18.1 Å². The van der Waals surface area contributed by atoms with E-state index in [1.165, 1.54) is 0 Å². The molecule has 0 aromatic heterocycles. The number of methoxy groups -OCH3 is 1. The van der Waals surface area contributed by atoms with Gasteiger partial charge in [0.2, 0.25) is 5.91 Å². The van der Waals surface area contributed by atoms with Crippen LogP contribution >= 0.6 is 11.6 Å². The minimum absolute atomic E-state index is 0.234. The first-order chi connectivity index (χ1) is 12.5. The fourth-order valence-corrected chi connectivity index (χ4v) is 3.38. The Labute approximate surface area is 157 Å². The zero-order chi connectivity index (χ0) is 18.7. The average Bonchev–Trinajstić information content (AvgIpc) is 2.63. The molecule has 1 aliphatic rings. The van der Waals surface area contributed by atoms with Crippen molar-refractivity contribution in [3.8, 4) is 5.75 Å². The zero-order valence-electron chi connectivity index (χ0n) is 14.5. The highest BCUT2D eigenvalue weighted by atomic mass is 35.5. The lowest BCUT2D eigenvalue weighted by atomic mass is 9.93. The molecule has 0 spiro atoms. The molecule has 138 valence electrons. The van der Waals surface area contributed by atoms with E-state index in [9.17, 15) is 9.90 Å². The fourth-order valence-electron chi connectivity index (χ4n) is 3.19. The van der Waals surface area contributed by atoms with Crippen molar-refractivity contribution >= 4 is 17.5 Å². The Kier molecular flexibility index (Phi) is 5.81. The van der Waals surface area contributed by atoms with Crippen LogP contribution in [-0.4, -0.2) is 30.3 Å². The number of carbonyl (C=O) groups excluding carboxylic acids is 1. The van der Waals surface area contributed by atoms with Gasteiger partial charge < -0.3 is 20.3 Å². The monoisotopic (exact) mass is 375 g/mol. The number of rotatable bonds is 5. The number of hydrogen-bond acceptors (Lipinski definition) is 4. The van der Waals surface area contributed by atoms with Gasteiger partial charge in [0, 0.05) is 17.9 Å². The quantitative estimate of drug-likeness (QED) is 0.841. The molecule has 0 saturated carbocycles. The number of amides is 1. The van der Waals surface area contributed by atoms with Gasteiger partial charge in [-0.2, -0.15) is 0 Å². The number of benzene rings is 2. The third-order valence-corrected chi connectivity index (χ3v) is 4.98. The van der Waals surface area contributed by atoms with Crippen LogP contribution in [0.5, 0.6) is 5.75 Å². The van der Waals surface area contributed by atoms with Gasteiger partial charge in [0.15, 0.2) is 0 Å². The summed E-state index contributed by atoms with van der Waals surface area (Å²) >= 11 is 6.36. The van der Waals surface area contributed by atoms with Crippen LogP contribution in [0.15, 0.2) is 42.5 Å². The first-order valence-corrected chi connectivity index (χ1v) is 8.88. The van der Waals surface area contributed by atoms with E-state index in [2.05, 4.69) is 0 Å². The van der Waals surface area contributed by atoms with Gasteiger partial charge in [0.1, 0.15) is 11.9 Å². The topological polar surface area (TPSA) is 81.8 Å². The summed E-state index contributed by atoms with van der Waals surface area (Å²) in [6, 6.07) is 13.4. The molecule has 0 radical (unpaired) electrons. The van der Waals surface area contributed by atoms with Crippen LogP contribution in [0.3, 0.4) is 0 Å². The Hall–Kier alpha value is -2.08. The van der Waals surface area contributed by atoms with Gasteiger partial charge in [-0.05, 0) is 41.3 Å². The van der Waals surface area contributed by atoms with Crippen LogP contribution in [-0.2, 0) is 16.0 Å². The molecule has 1 heterocycles. The number of nitrogens with two attached hydrogens (primary N) is 1. The standard InChI is InChI=1S/C20H22ClNO4/c1-25-16-5-2-12(3-6-16)8-14-9-13(4-7-17(14)21)18-10-15(23)11-19(26-18)20(22)24/h2-7,9,15,18-19,23H,8,10-11H2,1H3,(H2,22,24). The van der Waals surface area contributed by atoms with Crippen molar-refractivity contribution < 1.29 is 19.4 Å². The molecule has 3 atom stereocenters. The zero-order valence-corrected chi connectivity index (χ0v) is 15.3. The van der Waals surface area contributed by atoms with Gasteiger partial charge in [-0.25, -0.2) is 0 Å². The molecule has 3 unspecified atom stereocenters. The van der Waals surface area contributed by atoms with Gasteiger partial charge in [-0.15, -0.1) is 0 Å². The summed E-state index contributed by atoms with van der Waals surface area (Å²) in [5, 5.41) is 10.7. The van der Waals surface area contributed by atoms with Gasteiger partial charge in [0.05, 0.1) is 19.3 Å². The Morgan fingerprint density at radius 2 is 2.00 bits per heavy atom. The Balaban J connectivity index is 1.81. The third kappa shape index (κ3) is 4.36.